The first-order valence-electron chi connectivity index (χ1n) is 6.12. The number of rotatable bonds is 3. The number of thiazole rings is 1. The molecule has 0 unspecified atom stereocenters. The second kappa shape index (κ2) is 5.49. The van der Waals surface area contributed by atoms with Gasteiger partial charge in [-0.1, -0.05) is 0 Å². The molecule has 1 fully saturated rings. The van der Waals surface area contributed by atoms with Crippen LogP contribution in [-0.4, -0.2) is 58.2 Å². The number of piperazine rings is 1. The summed E-state index contributed by atoms with van der Waals surface area (Å²) in [5, 5.41) is 9.64. The zero-order valence-electron chi connectivity index (χ0n) is 10.6. The summed E-state index contributed by atoms with van der Waals surface area (Å²) in [7, 11) is 2.16. The van der Waals surface area contributed by atoms with Gasteiger partial charge in [-0.3, -0.25) is 4.90 Å². The lowest BCUT2D eigenvalue weighted by Gasteiger charge is -2.31. The van der Waals surface area contributed by atoms with E-state index in [-0.39, 0.29) is 4.84 Å². The van der Waals surface area contributed by atoms with Crippen LogP contribution in [0.4, 0.5) is 0 Å². The molecule has 19 heavy (non-hydrogen) atoms. The quantitative estimate of drug-likeness (QED) is 0.868. The van der Waals surface area contributed by atoms with E-state index in [1.807, 2.05) is 5.38 Å². The minimum absolute atomic E-state index is 0.281. The summed E-state index contributed by atoms with van der Waals surface area (Å²) in [6.07, 6.45) is 0. The highest BCUT2D eigenvalue weighted by Crippen LogP contribution is 2.21. The Balaban J connectivity index is 1.66. The van der Waals surface area contributed by atoms with Gasteiger partial charge in [0, 0.05) is 31.6 Å². The molecule has 1 N–H and O–H groups in total. The molecule has 3 heterocycles. The number of H-pyrrole nitrogens is 1. The Labute approximate surface area is 120 Å². The third-order valence-electron chi connectivity index (χ3n) is 3.16. The number of aromatic nitrogens is 3. The smallest absolute Gasteiger partial charge is 0.284 e. The zero-order chi connectivity index (χ0) is 13.2. The van der Waals surface area contributed by atoms with E-state index in [0.717, 1.165) is 43.4 Å². The SMILES string of the molecule is CN1CCN(Cc2nc(-c3n[nH]c(=S)o3)cs2)CC1. The molecule has 8 heteroatoms. The highest BCUT2D eigenvalue weighted by Gasteiger charge is 2.16. The molecule has 3 rings (SSSR count). The fourth-order valence-electron chi connectivity index (χ4n) is 2.02. The van der Waals surface area contributed by atoms with Crippen molar-refractivity contribution in [1.82, 2.24) is 25.0 Å². The Morgan fingerprint density at radius 2 is 2.21 bits per heavy atom. The Morgan fingerprint density at radius 1 is 1.42 bits per heavy atom. The third kappa shape index (κ3) is 3.08. The molecule has 0 bridgehead atoms. The molecule has 1 saturated heterocycles. The van der Waals surface area contributed by atoms with Crippen LogP contribution in [0.5, 0.6) is 0 Å². The van der Waals surface area contributed by atoms with Crippen LogP contribution in [0.1, 0.15) is 5.01 Å². The highest BCUT2D eigenvalue weighted by atomic mass is 32.1. The summed E-state index contributed by atoms with van der Waals surface area (Å²) in [4.78, 5) is 9.59. The number of likely N-dealkylation sites (N-methyl/N-ethyl adjacent to an activating group) is 1. The van der Waals surface area contributed by atoms with Crippen LogP contribution in [0.2, 0.25) is 0 Å². The van der Waals surface area contributed by atoms with Crippen LogP contribution >= 0.6 is 23.6 Å². The van der Waals surface area contributed by atoms with Crippen LogP contribution in [0, 0.1) is 4.84 Å². The summed E-state index contributed by atoms with van der Waals surface area (Å²) >= 11 is 6.49. The second-order valence-corrected chi connectivity index (χ2v) is 5.94. The van der Waals surface area contributed by atoms with Crippen molar-refractivity contribution in [3.63, 3.8) is 0 Å². The first-order valence-corrected chi connectivity index (χ1v) is 7.41. The molecule has 0 spiro atoms. The lowest BCUT2D eigenvalue weighted by Crippen LogP contribution is -2.43. The van der Waals surface area contributed by atoms with Gasteiger partial charge in [0.15, 0.2) is 0 Å². The van der Waals surface area contributed by atoms with Gasteiger partial charge in [0.05, 0.1) is 6.54 Å². The average Bonchev–Trinajstić information content (AvgIpc) is 3.01. The number of hydrogen-bond donors (Lipinski definition) is 1. The molecule has 0 atom stereocenters. The van der Waals surface area contributed by atoms with Crippen LogP contribution < -0.4 is 0 Å². The van der Waals surface area contributed by atoms with E-state index in [0.29, 0.717) is 5.89 Å². The number of aromatic amines is 1. The van der Waals surface area contributed by atoms with Gasteiger partial charge in [-0.05, 0) is 19.3 Å². The van der Waals surface area contributed by atoms with E-state index < -0.39 is 0 Å². The Hall–Kier alpha value is -1.09. The summed E-state index contributed by atoms with van der Waals surface area (Å²) in [6, 6.07) is 0. The molecule has 1 aliphatic heterocycles. The van der Waals surface area contributed by atoms with Gasteiger partial charge in [0.1, 0.15) is 10.7 Å². The zero-order valence-corrected chi connectivity index (χ0v) is 12.3. The van der Waals surface area contributed by atoms with Crippen molar-refractivity contribution >= 4 is 23.6 Å². The molecule has 0 amide bonds. The van der Waals surface area contributed by atoms with Gasteiger partial charge in [0.2, 0.25) is 0 Å². The summed E-state index contributed by atoms with van der Waals surface area (Å²) in [6.45, 7) is 5.31. The Bertz CT molecular complexity index is 596. The minimum Gasteiger partial charge on any atom is -0.408 e. The standard InChI is InChI=1S/C11H15N5OS2/c1-15-2-4-16(5-3-15)6-9-12-8(7-19-9)10-13-14-11(18)17-10/h7H,2-6H2,1H3,(H,14,18). The van der Waals surface area contributed by atoms with E-state index in [2.05, 4.69) is 32.0 Å². The van der Waals surface area contributed by atoms with Crippen molar-refractivity contribution in [2.24, 2.45) is 0 Å². The number of hydrogen-bond acceptors (Lipinski definition) is 7. The van der Waals surface area contributed by atoms with E-state index in [4.69, 9.17) is 16.6 Å². The van der Waals surface area contributed by atoms with Crippen molar-refractivity contribution in [3.8, 4) is 11.6 Å². The van der Waals surface area contributed by atoms with Crippen LogP contribution in [0.25, 0.3) is 11.6 Å². The van der Waals surface area contributed by atoms with Gasteiger partial charge in [0.25, 0.3) is 10.7 Å². The van der Waals surface area contributed by atoms with E-state index in [9.17, 15) is 0 Å². The van der Waals surface area contributed by atoms with Gasteiger partial charge in [-0.2, -0.15) is 0 Å². The minimum atomic E-state index is 0.281. The van der Waals surface area contributed by atoms with Gasteiger partial charge < -0.3 is 9.32 Å². The molecule has 2 aromatic heterocycles. The third-order valence-corrected chi connectivity index (χ3v) is 4.17. The van der Waals surface area contributed by atoms with Crippen molar-refractivity contribution in [3.05, 3.63) is 15.2 Å². The number of nitrogens with zero attached hydrogens (tertiary/aromatic N) is 4. The summed E-state index contributed by atoms with van der Waals surface area (Å²) in [5.41, 5.74) is 0.751. The van der Waals surface area contributed by atoms with Crippen molar-refractivity contribution < 1.29 is 4.42 Å². The Kier molecular flexibility index (Phi) is 3.74. The first kappa shape index (κ1) is 12.9. The van der Waals surface area contributed by atoms with Crippen molar-refractivity contribution in [2.75, 3.05) is 33.2 Å². The maximum absolute atomic E-state index is 5.26. The van der Waals surface area contributed by atoms with Gasteiger partial charge in [-0.15, -0.1) is 16.4 Å². The lowest BCUT2D eigenvalue weighted by molar-refractivity contribution is 0.148. The largest absolute Gasteiger partial charge is 0.408 e. The summed E-state index contributed by atoms with van der Waals surface area (Å²) in [5.74, 6) is 0.464. The first-order chi connectivity index (χ1) is 9.20. The molecule has 6 nitrogen and oxygen atoms in total. The van der Waals surface area contributed by atoms with E-state index in [1.165, 1.54) is 0 Å². The lowest BCUT2D eigenvalue weighted by atomic mass is 10.3. The maximum Gasteiger partial charge on any atom is 0.284 e. The Morgan fingerprint density at radius 3 is 2.89 bits per heavy atom. The normalized spacial score (nSPS) is 17.9. The highest BCUT2D eigenvalue weighted by molar-refractivity contribution is 7.71. The molecule has 0 radical (unpaired) electrons. The van der Waals surface area contributed by atoms with Crippen molar-refractivity contribution in [2.45, 2.75) is 6.54 Å². The monoisotopic (exact) mass is 297 g/mol. The van der Waals surface area contributed by atoms with Crippen molar-refractivity contribution in [1.29, 1.82) is 0 Å². The molecular formula is C11H15N5OS2. The molecule has 0 aromatic carbocycles. The maximum atomic E-state index is 5.26. The van der Waals surface area contributed by atoms with E-state index >= 15 is 0 Å². The second-order valence-electron chi connectivity index (χ2n) is 4.62. The average molecular weight is 297 g/mol. The fourth-order valence-corrected chi connectivity index (χ4v) is 2.95. The molecule has 0 aliphatic carbocycles. The number of nitrogens with one attached hydrogen (secondary N) is 1. The molecule has 2 aromatic rings. The molecular weight excluding hydrogens is 282 g/mol. The summed E-state index contributed by atoms with van der Waals surface area (Å²) < 4.78 is 5.26. The van der Waals surface area contributed by atoms with Gasteiger partial charge >= 0.3 is 0 Å². The van der Waals surface area contributed by atoms with Gasteiger partial charge in [-0.25, -0.2) is 10.1 Å². The van der Waals surface area contributed by atoms with Crippen LogP contribution in [-0.2, 0) is 6.54 Å². The topological polar surface area (TPSA) is 61.2 Å². The fraction of sp³-hybridized carbons (Fsp3) is 0.545. The van der Waals surface area contributed by atoms with Crippen LogP contribution in [0.15, 0.2) is 9.80 Å². The predicted octanol–water partition coefficient (Wildman–Crippen LogP) is 1.60. The molecule has 1 aliphatic rings. The molecule has 0 saturated carbocycles. The van der Waals surface area contributed by atoms with E-state index in [1.54, 1.807) is 11.3 Å². The van der Waals surface area contributed by atoms with Crippen LogP contribution in [0.3, 0.4) is 0 Å². The molecule has 102 valence electrons. The predicted molar refractivity (Wildman–Crippen MR) is 75.6 cm³/mol.